The Morgan fingerprint density at radius 1 is 1.10 bits per heavy atom. The molecule has 0 aliphatic carbocycles. The summed E-state index contributed by atoms with van der Waals surface area (Å²) in [6, 6.07) is 24.2. The summed E-state index contributed by atoms with van der Waals surface area (Å²) in [4.78, 5) is 15.6. The van der Waals surface area contributed by atoms with Crippen molar-refractivity contribution in [2.45, 2.75) is 38.4 Å². The Kier molecular flexibility index (Phi) is 7.29. The molecule has 0 spiro atoms. The number of amides is 1. The fraction of sp³-hybridized carbons (Fsp3) is 0.290. The van der Waals surface area contributed by atoms with Crippen LogP contribution in [0.1, 0.15) is 29.3 Å². The smallest absolute Gasteiger partial charge is 0.237 e. The number of hydrogen-bond donors (Lipinski definition) is 1. The van der Waals surface area contributed by atoms with Gasteiger partial charge >= 0.3 is 0 Å². The van der Waals surface area contributed by atoms with E-state index in [0.717, 1.165) is 45.6 Å². The van der Waals surface area contributed by atoms with Gasteiger partial charge in [0.25, 0.3) is 0 Å². The first kappa shape index (κ1) is 25.8. The van der Waals surface area contributed by atoms with Crippen LogP contribution in [0.25, 0.3) is 22.1 Å². The number of nitrogens with one attached hydrogen (secondary N) is 1. The average molecular weight is 537 g/mol. The Balaban J connectivity index is 1.26. The van der Waals surface area contributed by atoms with Crippen LogP contribution in [0.4, 0.5) is 0 Å². The fourth-order valence-corrected chi connectivity index (χ4v) is 5.73. The summed E-state index contributed by atoms with van der Waals surface area (Å²) in [5, 5.41) is 15.9. The Bertz CT molecular complexity index is 1580. The predicted octanol–water partition coefficient (Wildman–Crippen LogP) is 4.58. The first-order valence-corrected chi connectivity index (χ1v) is 13.5. The highest BCUT2D eigenvalue weighted by Gasteiger charge is 2.38. The predicted molar refractivity (Wildman–Crippen MR) is 152 cm³/mol. The summed E-state index contributed by atoms with van der Waals surface area (Å²) >= 11 is 0. The van der Waals surface area contributed by atoms with E-state index in [9.17, 15) is 4.79 Å². The van der Waals surface area contributed by atoms with E-state index in [-0.39, 0.29) is 18.0 Å². The van der Waals surface area contributed by atoms with E-state index >= 15 is 0 Å². The molecule has 0 unspecified atom stereocenters. The third-order valence-electron chi connectivity index (χ3n) is 7.68. The van der Waals surface area contributed by atoms with Crippen LogP contribution in [0.5, 0.6) is 5.75 Å². The van der Waals surface area contributed by atoms with Crippen molar-refractivity contribution < 1.29 is 13.9 Å². The molecule has 40 heavy (non-hydrogen) atoms. The monoisotopic (exact) mass is 536 g/mol. The van der Waals surface area contributed by atoms with E-state index < -0.39 is 0 Å². The minimum atomic E-state index is -0.330. The molecular weight excluding hydrogens is 504 g/mol. The number of tetrazole rings is 1. The number of methoxy groups -OCH3 is 1. The van der Waals surface area contributed by atoms with E-state index in [0.29, 0.717) is 26.1 Å². The molecule has 0 radical (unpaired) electrons. The minimum Gasteiger partial charge on any atom is -0.496 e. The molecule has 1 amide bonds. The lowest BCUT2D eigenvalue weighted by atomic mass is 10.0. The van der Waals surface area contributed by atoms with Gasteiger partial charge in [0, 0.05) is 36.1 Å². The quantitative estimate of drug-likeness (QED) is 0.295. The minimum absolute atomic E-state index is 0.00626. The molecule has 6 rings (SSSR count). The number of furan rings is 1. The van der Waals surface area contributed by atoms with Gasteiger partial charge in [0.2, 0.25) is 5.91 Å². The third-order valence-corrected chi connectivity index (χ3v) is 7.68. The van der Waals surface area contributed by atoms with E-state index in [1.807, 2.05) is 55.5 Å². The van der Waals surface area contributed by atoms with Crippen molar-refractivity contribution in [2.24, 2.45) is 0 Å². The number of aromatic nitrogens is 4. The molecule has 2 atom stereocenters. The van der Waals surface area contributed by atoms with E-state index in [4.69, 9.17) is 9.15 Å². The largest absolute Gasteiger partial charge is 0.496 e. The second kappa shape index (κ2) is 11.3. The van der Waals surface area contributed by atoms with Gasteiger partial charge in [0.05, 0.1) is 19.2 Å². The number of rotatable bonds is 9. The number of ether oxygens (including phenoxy) is 1. The molecule has 2 aromatic heterocycles. The SMILES string of the molecule is COc1cc2c(-c3ccccc3)c(C)oc2cc1CN1C[C@H](n2cnnn2)C[C@H]1C(=O)NCCc1ccccc1. The summed E-state index contributed by atoms with van der Waals surface area (Å²) in [7, 11) is 1.68. The van der Waals surface area contributed by atoms with Gasteiger partial charge in [-0.1, -0.05) is 60.7 Å². The lowest BCUT2D eigenvalue weighted by Crippen LogP contribution is -2.43. The Labute approximate surface area is 232 Å². The molecule has 1 N–H and O–H groups in total. The van der Waals surface area contributed by atoms with Crippen LogP contribution < -0.4 is 10.1 Å². The highest BCUT2D eigenvalue weighted by atomic mass is 16.5. The topological polar surface area (TPSA) is 98.3 Å². The van der Waals surface area contributed by atoms with Crippen LogP contribution in [0.3, 0.4) is 0 Å². The second-order valence-electron chi connectivity index (χ2n) is 10.2. The molecule has 3 heterocycles. The molecule has 1 saturated heterocycles. The van der Waals surface area contributed by atoms with Crippen molar-refractivity contribution in [2.75, 3.05) is 20.2 Å². The normalized spacial score (nSPS) is 17.4. The number of hydrogen-bond acceptors (Lipinski definition) is 7. The zero-order chi connectivity index (χ0) is 27.5. The lowest BCUT2D eigenvalue weighted by Gasteiger charge is -2.24. The van der Waals surface area contributed by atoms with E-state index in [1.54, 1.807) is 18.1 Å². The van der Waals surface area contributed by atoms with Crippen LogP contribution in [-0.2, 0) is 17.8 Å². The molecule has 9 nitrogen and oxygen atoms in total. The number of nitrogens with zero attached hydrogens (tertiary/aromatic N) is 5. The fourth-order valence-electron chi connectivity index (χ4n) is 5.73. The second-order valence-corrected chi connectivity index (χ2v) is 10.2. The molecule has 0 saturated carbocycles. The van der Waals surface area contributed by atoms with Crippen LogP contribution >= 0.6 is 0 Å². The van der Waals surface area contributed by atoms with Gasteiger partial charge in [0.1, 0.15) is 23.4 Å². The number of carbonyl (C=O) groups is 1. The molecule has 0 bridgehead atoms. The van der Waals surface area contributed by atoms with E-state index in [2.05, 4.69) is 50.0 Å². The molecule has 1 fully saturated rings. The molecular formula is C31H32N6O3. The maximum Gasteiger partial charge on any atom is 0.237 e. The van der Waals surface area contributed by atoms with Gasteiger partial charge in [-0.3, -0.25) is 9.69 Å². The number of carbonyl (C=O) groups excluding carboxylic acids is 1. The van der Waals surface area contributed by atoms with Crippen molar-refractivity contribution in [3.8, 4) is 16.9 Å². The Hall–Kier alpha value is -4.50. The molecule has 3 aromatic carbocycles. The molecule has 9 heteroatoms. The zero-order valence-electron chi connectivity index (χ0n) is 22.7. The standard InChI is InChI=1S/C31H32N6O3/c1-21-30(23-11-7-4-8-12-23)26-17-28(39-2)24(15-29(26)40-21)18-36-19-25(37-20-33-34-35-37)16-27(36)31(38)32-14-13-22-9-5-3-6-10-22/h3-12,15,17,20,25,27H,13-14,16,18-19H2,1-2H3,(H,32,38)/t25-,27+/m1/s1. The summed E-state index contributed by atoms with van der Waals surface area (Å²) in [6.07, 6.45) is 3.01. The van der Waals surface area contributed by atoms with Crippen LogP contribution in [0.15, 0.2) is 83.5 Å². The summed E-state index contributed by atoms with van der Waals surface area (Å²) in [5.74, 6) is 1.63. The van der Waals surface area contributed by atoms with Crippen LogP contribution in [-0.4, -0.2) is 57.3 Å². The first-order chi connectivity index (χ1) is 19.6. The van der Waals surface area contributed by atoms with E-state index in [1.165, 1.54) is 5.56 Å². The number of benzene rings is 3. The van der Waals surface area contributed by atoms with Gasteiger partial charge in [-0.05, 0) is 53.5 Å². The van der Waals surface area contributed by atoms with Crippen molar-refractivity contribution in [3.05, 3.63) is 96.0 Å². The Morgan fingerprint density at radius 2 is 1.88 bits per heavy atom. The highest BCUT2D eigenvalue weighted by Crippen LogP contribution is 2.39. The number of aryl methyl sites for hydroxylation is 1. The number of likely N-dealkylation sites (tertiary alicyclic amines) is 1. The van der Waals surface area contributed by atoms with Crippen molar-refractivity contribution >= 4 is 16.9 Å². The Morgan fingerprint density at radius 3 is 2.60 bits per heavy atom. The van der Waals surface area contributed by atoms with Gasteiger partial charge in [-0.25, -0.2) is 4.68 Å². The highest BCUT2D eigenvalue weighted by molar-refractivity contribution is 5.97. The maximum absolute atomic E-state index is 13.5. The molecule has 5 aromatic rings. The lowest BCUT2D eigenvalue weighted by molar-refractivity contribution is -0.125. The van der Waals surface area contributed by atoms with Gasteiger partial charge in [0.15, 0.2) is 0 Å². The van der Waals surface area contributed by atoms with Gasteiger partial charge in [-0.2, -0.15) is 0 Å². The maximum atomic E-state index is 13.5. The van der Waals surface area contributed by atoms with Crippen LogP contribution in [0, 0.1) is 6.92 Å². The van der Waals surface area contributed by atoms with Crippen molar-refractivity contribution in [1.29, 1.82) is 0 Å². The van der Waals surface area contributed by atoms with Crippen LogP contribution in [0.2, 0.25) is 0 Å². The number of fused-ring (bicyclic) bond motifs is 1. The van der Waals surface area contributed by atoms with Gasteiger partial charge < -0.3 is 14.5 Å². The zero-order valence-corrected chi connectivity index (χ0v) is 22.7. The summed E-state index contributed by atoms with van der Waals surface area (Å²) in [5.41, 5.74) is 5.12. The van der Waals surface area contributed by atoms with Gasteiger partial charge in [-0.15, -0.1) is 5.10 Å². The average Bonchev–Trinajstić information content (AvgIpc) is 3.72. The third kappa shape index (κ3) is 5.20. The van der Waals surface area contributed by atoms with Crippen molar-refractivity contribution in [3.63, 3.8) is 0 Å². The van der Waals surface area contributed by atoms with Crippen molar-refractivity contribution in [1.82, 2.24) is 30.4 Å². The molecule has 1 aliphatic rings. The first-order valence-electron chi connectivity index (χ1n) is 13.5. The summed E-state index contributed by atoms with van der Waals surface area (Å²) in [6.45, 7) is 3.72. The molecule has 1 aliphatic heterocycles. The summed E-state index contributed by atoms with van der Waals surface area (Å²) < 4.78 is 13.8. The molecule has 204 valence electrons.